The second-order valence-electron chi connectivity index (χ2n) is 4.00. The molecule has 0 saturated heterocycles. The van der Waals surface area contributed by atoms with Gasteiger partial charge >= 0.3 is 0 Å². The van der Waals surface area contributed by atoms with Gasteiger partial charge in [0.1, 0.15) is 5.52 Å². The van der Waals surface area contributed by atoms with E-state index in [9.17, 15) is 0 Å². The molecule has 0 aliphatic heterocycles. The lowest BCUT2D eigenvalue weighted by Gasteiger charge is -2.04. The summed E-state index contributed by atoms with van der Waals surface area (Å²) in [5.74, 6) is 0. The summed E-state index contributed by atoms with van der Waals surface area (Å²) in [5, 5.41) is 3.67. The Labute approximate surface area is 128 Å². The quantitative estimate of drug-likeness (QED) is 0.506. The number of nitrogens with one attached hydrogen (secondary N) is 1. The van der Waals surface area contributed by atoms with Crippen LogP contribution >= 0.6 is 34.2 Å². The minimum Gasteiger partial charge on any atom is -0.423 e. The standard InChI is InChI=1S/C13H9ClIN3O/c14-9-5-7(15)1-3-10(9)17-13-18-11-6-8(16)2-4-12(11)19-13/h1-6H,16H2,(H,17,18). The van der Waals surface area contributed by atoms with Crippen LogP contribution in [-0.2, 0) is 0 Å². The Hall–Kier alpha value is -1.47. The highest BCUT2D eigenvalue weighted by atomic mass is 127. The normalized spacial score (nSPS) is 10.8. The maximum Gasteiger partial charge on any atom is 0.300 e. The summed E-state index contributed by atoms with van der Waals surface area (Å²) in [4.78, 5) is 4.31. The zero-order valence-corrected chi connectivity index (χ0v) is 12.6. The summed E-state index contributed by atoms with van der Waals surface area (Å²) in [7, 11) is 0. The third-order valence-electron chi connectivity index (χ3n) is 2.58. The van der Waals surface area contributed by atoms with Crippen LogP contribution in [0.2, 0.25) is 5.02 Å². The average molecular weight is 386 g/mol. The number of nitrogen functional groups attached to an aromatic ring is 1. The van der Waals surface area contributed by atoms with Gasteiger partial charge in [-0.1, -0.05) is 11.6 Å². The highest BCUT2D eigenvalue weighted by Gasteiger charge is 2.08. The van der Waals surface area contributed by atoms with Crippen LogP contribution in [0.15, 0.2) is 40.8 Å². The number of hydrogen-bond donors (Lipinski definition) is 2. The molecular weight excluding hydrogens is 377 g/mol. The van der Waals surface area contributed by atoms with Crippen LogP contribution in [0.5, 0.6) is 0 Å². The van der Waals surface area contributed by atoms with Crippen molar-refractivity contribution in [3.05, 3.63) is 45.0 Å². The van der Waals surface area contributed by atoms with Gasteiger partial charge in [-0.25, -0.2) is 0 Å². The van der Waals surface area contributed by atoms with Gasteiger partial charge in [-0.3, -0.25) is 0 Å². The number of anilines is 3. The van der Waals surface area contributed by atoms with Gasteiger partial charge < -0.3 is 15.5 Å². The molecule has 96 valence electrons. The molecule has 0 saturated carbocycles. The van der Waals surface area contributed by atoms with Crippen LogP contribution in [0.3, 0.4) is 0 Å². The largest absolute Gasteiger partial charge is 0.423 e. The molecule has 0 spiro atoms. The van der Waals surface area contributed by atoms with Crippen LogP contribution in [-0.4, -0.2) is 4.98 Å². The SMILES string of the molecule is Nc1ccc2oc(Nc3ccc(I)cc3Cl)nc2c1. The van der Waals surface area contributed by atoms with Crippen molar-refractivity contribution < 1.29 is 4.42 Å². The van der Waals surface area contributed by atoms with Gasteiger partial charge in [0, 0.05) is 9.26 Å². The molecule has 3 aromatic rings. The number of fused-ring (bicyclic) bond motifs is 1. The van der Waals surface area contributed by atoms with Crippen LogP contribution in [0.25, 0.3) is 11.1 Å². The molecule has 1 heterocycles. The van der Waals surface area contributed by atoms with Crippen molar-refractivity contribution in [2.75, 3.05) is 11.1 Å². The molecule has 0 atom stereocenters. The molecule has 3 rings (SSSR count). The van der Waals surface area contributed by atoms with Crippen LogP contribution in [0.4, 0.5) is 17.4 Å². The maximum atomic E-state index is 6.15. The Kier molecular flexibility index (Phi) is 3.24. The summed E-state index contributed by atoms with van der Waals surface area (Å²) in [5.41, 5.74) is 8.50. The molecule has 19 heavy (non-hydrogen) atoms. The van der Waals surface area contributed by atoms with Crippen molar-refractivity contribution in [3.8, 4) is 0 Å². The number of rotatable bonds is 2. The Morgan fingerprint density at radius 2 is 2.05 bits per heavy atom. The van der Waals surface area contributed by atoms with Gasteiger partial charge in [0.2, 0.25) is 0 Å². The second-order valence-corrected chi connectivity index (χ2v) is 5.65. The zero-order valence-electron chi connectivity index (χ0n) is 9.65. The van der Waals surface area contributed by atoms with Crippen molar-refractivity contribution in [2.24, 2.45) is 0 Å². The first-order valence-electron chi connectivity index (χ1n) is 5.50. The molecule has 0 fully saturated rings. The van der Waals surface area contributed by atoms with Crippen molar-refractivity contribution in [1.82, 2.24) is 4.98 Å². The number of aromatic nitrogens is 1. The number of oxazole rings is 1. The highest BCUT2D eigenvalue weighted by molar-refractivity contribution is 14.1. The van der Waals surface area contributed by atoms with E-state index in [1.54, 1.807) is 18.2 Å². The monoisotopic (exact) mass is 385 g/mol. The van der Waals surface area contributed by atoms with E-state index in [-0.39, 0.29) is 0 Å². The fourth-order valence-electron chi connectivity index (χ4n) is 1.70. The van der Waals surface area contributed by atoms with E-state index in [2.05, 4.69) is 32.9 Å². The number of halogens is 2. The van der Waals surface area contributed by atoms with E-state index < -0.39 is 0 Å². The van der Waals surface area contributed by atoms with Crippen molar-refractivity contribution in [1.29, 1.82) is 0 Å². The summed E-state index contributed by atoms with van der Waals surface area (Å²) in [6.45, 7) is 0. The third kappa shape index (κ3) is 2.62. The van der Waals surface area contributed by atoms with E-state index in [0.29, 0.717) is 27.8 Å². The Balaban J connectivity index is 1.96. The van der Waals surface area contributed by atoms with Crippen LogP contribution in [0.1, 0.15) is 0 Å². The lowest BCUT2D eigenvalue weighted by Crippen LogP contribution is -1.91. The summed E-state index contributed by atoms with van der Waals surface area (Å²) in [6, 6.07) is 11.4. The van der Waals surface area contributed by atoms with Gasteiger partial charge in [-0.05, 0) is 59.0 Å². The molecule has 4 nitrogen and oxygen atoms in total. The van der Waals surface area contributed by atoms with Crippen molar-refractivity contribution >= 4 is 62.7 Å². The number of nitrogens with zero attached hydrogens (tertiary/aromatic N) is 1. The average Bonchev–Trinajstić information content (AvgIpc) is 2.74. The first-order chi connectivity index (χ1) is 9.11. The maximum absolute atomic E-state index is 6.15. The van der Waals surface area contributed by atoms with E-state index in [1.807, 2.05) is 18.2 Å². The summed E-state index contributed by atoms with van der Waals surface area (Å²) in [6.07, 6.45) is 0. The molecule has 2 aromatic carbocycles. The lowest BCUT2D eigenvalue weighted by atomic mass is 10.3. The number of nitrogens with two attached hydrogens (primary N) is 1. The smallest absolute Gasteiger partial charge is 0.300 e. The first-order valence-corrected chi connectivity index (χ1v) is 6.95. The van der Waals surface area contributed by atoms with E-state index >= 15 is 0 Å². The van der Waals surface area contributed by atoms with E-state index in [0.717, 1.165) is 9.26 Å². The van der Waals surface area contributed by atoms with Gasteiger partial charge in [0.25, 0.3) is 6.01 Å². The summed E-state index contributed by atoms with van der Waals surface area (Å²) < 4.78 is 6.64. The van der Waals surface area contributed by atoms with Crippen LogP contribution < -0.4 is 11.1 Å². The number of benzene rings is 2. The highest BCUT2D eigenvalue weighted by Crippen LogP contribution is 2.28. The molecule has 0 unspecified atom stereocenters. The number of hydrogen-bond acceptors (Lipinski definition) is 4. The third-order valence-corrected chi connectivity index (χ3v) is 3.57. The molecule has 0 radical (unpaired) electrons. The van der Waals surface area contributed by atoms with Crippen LogP contribution in [0, 0.1) is 3.57 Å². The van der Waals surface area contributed by atoms with Gasteiger partial charge in [-0.15, -0.1) is 0 Å². The predicted octanol–water partition coefficient (Wildman–Crippen LogP) is 4.41. The Morgan fingerprint density at radius 1 is 1.21 bits per heavy atom. The zero-order chi connectivity index (χ0) is 13.4. The summed E-state index contributed by atoms with van der Waals surface area (Å²) >= 11 is 8.35. The first kappa shape index (κ1) is 12.6. The molecule has 1 aromatic heterocycles. The predicted molar refractivity (Wildman–Crippen MR) is 85.9 cm³/mol. The molecule has 0 aliphatic rings. The van der Waals surface area contributed by atoms with Gasteiger partial charge in [0.05, 0.1) is 10.7 Å². The fourth-order valence-corrected chi connectivity index (χ4v) is 2.61. The van der Waals surface area contributed by atoms with Crippen molar-refractivity contribution in [2.45, 2.75) is 0 Å². The van der Waals surface area contributed by atoms with Crippen molar-refractivity contribution in [3.63, 3.8) is 0 Å². The molecule has 0 amide bonds. The minimum atomic E-state index is 0.392. The van der Waals surface area contributed by atoms with E-state index in [4.69, 9.17) is 21.8 Å². The topological polar surface area (TPSA) is 64.1 Å². The lowest BCUT2D eigenvalue weighted by molar-refractivity contribution is 0.623. The minimum absolute atomic E-state index is 0.392. The molecule has 3 N–H and O–H groups in total. The van der Waals surface area contributed by atoms with E-state index in [1.165, 1.54) is 0 Å². The fraction of sp³-hybridized carbons (Fsp3) is 0. The van der Waals surface area contributed by atoms with Gasteiger partial charge in [0.15, 0.2) is 5.58 Å². The molecule has 6 heteroatoms. The second kappa shape index (κ2) is 4.90. The molecular formula is C13H9ClIN3O. The molecule has 0 aliphatic carbocycles. The van der Waals surface area contributed by atoms with Gasteiger partial charge in [-0.2, -0.15) is 4.98 Å². The Bertz CT molecular complexity index is 757. The Morgan fingerprint density at radius 3 is 2.84 bits per heavy atom. The molecule has 0 bridgehead atoms.